The van der Waals surface area contributed by atoms with Crippen molar-refractivity contribution in [2.45, 2.75) is 30.2 Å². The topological polar surface area (TPSA) is 69.1 Å². The molecule has 12 heteroatoms. The molecule has 0 amide bonds. The maximum Gasteiger partial charge on any atom is 0.398 e. The second-order valence-electron chi connectivity index (χ2n) is 6.41. The van der Waals surface area contributed by atoms with Gasteiger partial charge in [-0.1, -0.05) is 29.8 Å². The number of rotatable bonds is 6. The summed E-state index contributed by atoms with van der Waals surface area (Å²) in [5.41, 5.74) is 6.63. The highest BCUT2D eigenvalue weighted by Gasteiger charge is 2.39. The summed E-state index contributed by atoms with van der Waals surface area (Å²) in [6.07, 6.45) is -4.83. The van der Waals surface area contributed by atoms with Gasteiger partial charge in [0.2, 0.25) is 0 Å². The van der Waals surface area contributed by atoms with Crippen molar-refractivity contribution in [3.8, 4) is 0 Å². The van der Waals surface area contributed by atoms with Gasteiger partial charge in [-0.25, -0.2) is 13.8 Å². The fraction of sp³-hybridized carbons (Fsp3) is 0.412. The largest absolute Gasteiger partial charge is 0.459 e. The molecule has 1 fully saturated rings. The standard InChI is InChI=1S/C17H16ClF5N5S/c18-11-4-2-1-3-10(11)7-25-13-12(24)14(28-6-5-16(19,20)8-28)27-15(26-13)29-9-17(21,22)23/h1-4H,5-9,24H2/q-1. The molecule has 158 valence electrons. The van der Waals surface area contributed by atoms with Gasteiger partial charge in [-0.05, 0) is 24.0 Å². The average Bonchev–Trinajstić information content (AvgIpc) is 3.00. The molecule has 0 unspecified atom stereocenters. The van der Waals surface area contributed by atoms with Crippen molar-refractivity contribution in [1.29, 1.82) is 0 Å². The minimum absolute atomic E-state index is 0.0262. The third kappa shape index (κ3) is 5.75. The molecule has 0 aliphatic carbocycles. The Morgan fingerprint density at radius 2 is 1.97 bits per heavy atom. The van der Waals surface area contributed by atoms with Gasteiger partial charge in [0, 0.05) is 18.0 Å². The first-order chi connectivity index (χ1) is 13.5. The van der Waals surface area contributed by atoms with Crippen LogP contribution in [0.15, 0.2) is 29.4 Å². The summed E-state index contributed by atoms with van der Waals surface area (Å²) in [6.45, 7) is -0.580. The molecule has 5 nitrogen and oxygen atoms in total. The lowest BCUT2D eigenvalue weighted by Crippen LogP contribution is -2.26. The van der Waals surface area contributed by atoms with Gasteiger partial charge in [-0.2, -0.15) is 13.2 Å². The third-order valence-electron chi connectivity index (χ3n) is 4.08. The van der Waals surface area contributed by atoms with Crippen molar-refractivity contribution in [3.05, 3.63) is 40.2 Å². The molecule has 0 radical (unpaired) electrons. The highest BCUT2D eigenvalue weighted by molar-refractivity contribution is 7.99. The van der Waals surface area contributed by atoms with Gasteiger partial charge in [0.25, 0.3) is 5.92 Å². The first-order valence-electron chi connectivity index (χ1n) is 8.45. The summed E-state index contributed by atoms with van der Waals surface area (Å²) in [7, 11) is 0. The number of nitrogens with zero attached hydrogens (tertiary/aromatic N) is 4. The summed E-state index contributed by atoms with van der Waals surface area (Å²) >= 11 is 6.43. The Labute approximate surface area is 172 Å². The van der Waals surface area contributed by atoms with Crippen LogP contribution < -0.4 is 10.6 Å². The van der Waals surface area contributed by atoms with Crippen molar-refractivity contribution in [2.24, 2.45) is 0 Å². The molecule has 1 aliphatic heterocycles. The quantitative estimate of drug-likeness (QED) is 0.360. The van der Waals surface area contributed by atoms with Gasteiger partial charge < -0.3 is 20.9 Å². The maximum absolute atomic E-state index is 13.6. The Balaban J connectivity index is 1.88. The minimum Gasteiger partial charge on any atom is -0.459 e. The lowest BCUT2D eigenvalue weighted by Gasteiger charge is -2.26. The zero-order valence-corrected chi connectivity index (χ0v) is 16.5. The monoisotopic (exact) mass is 452 g/mol. The van der Waals surface area contributed by atoms with Crippen LogP contribution in [-0.4, -0.2) is 40.9 Å². The first kappa shape index (κ1) is 21.7. The number of nitrogens with two attached hydrogens (primary N) is 1. The lowest BCUT2D eigenvalue weighted by molar-refractivity contribution is -0.105. The van der Waals surface area contributed by atoms with Crippen molar-refractivity contribution < 1.29 is 22.0 Å². The molecule has 3 rings (SSSR count). The molecule has 1 saturated heterocycles. The second-order valence-corrected chi connectivity index (χ2v) is 7.76. The highest BCUT2D eigenvalue weighted by Crippen LogP contribution is 2.40. The SMILES string of the molecule is Nc1c([N-]Cc2ccccc2Cl)nc(SCC(F)(F)F)nc1N1CCC(F)(F)C1. The Kier molecular flexibility index (Phi) is 6.27. The van der Waals surface area contributed by atoms with Crippen molar-refractivity contribution in [1.82, 2.24) is 9.97 Å². The van der Waals surface area contributed by atoms with Gasteiger partial charge in [0.05, 0.1) is 23.1 Å². The number of thioether (sulfide) groups is 1. The fourth-order valence-electron chi connectivity index (χ4n) is 2.70. The van der Waals surface area contributed by atoms with Crippen molar-refractivity contribution >= 4 is 40.7 Å². The average molecular weight is 453 g/mol. The molecule has 29 heavy (non-hydrogen) atoms. The van der Waals surface area contributed by atoms with Gasteiger partial charge in [0.15, 0.2) is 5.82 Å². The molecular formula is C17H16ClF5N5S-. The minimum atomic E-state index is -4.44. The van der Waals surface area contributed by atoms with E-state index >= 15 is 0 Å². The molecule has 0 atom stereocenters. The molecule has 2 aromatic rings. The molecule has 0 saturated carbocycles. The summed E-state index contributed by atoms with van der Waals surface area (Å²) in [4.78, 5) is 9.22. The van der Waals surface area contributed by atoms with E-state index in [2.05, 4.69) is 15.3 Å². The number of hydrogen-bond donors (Lipinski definition) is 1. The molecule has 1 aliphatic rings. The van der Waals surface area contributed by atoms with Crippen molar-refractivity contribution in [3.63, 3.8) is 0 Å². The van der Waals surface area contributed by atoms with Crippen LogP contribution in [0.3, 0.4) is 0 Å². The molecule has 0 spiro atoms. The van der Waals surface area contributed by atoms with E-state index in [0.717, 1.165) is 0 Å². The smallest absolute Gasteiger partial charge is 0.398 e. The van der Waals surface area contributed by atoms with Gasteiger partial charge >= 0.3 is 6.18 Å². The number of benzene rings is 1. The predicted molar refractivity (Wildman–Crippen MR) is 103 cm³/mol. The van der Waals surface area contributed by atoms with E-state index in [1.165, 1.54) is 4.90 Å². The Morgan fingerprint density at radius 1 is 1.24 bits per heavy atom. The van der Waals surface area contributed by atoms with Gasteiger partial charge in [0.1, 0.15) is 0 Å². The normalized spacial score (nSPS) is 16.3. The number of aromatic nitrogens is 2. The summed E-state index contributed by atoms with van der Waals surface area (Å²) < 4.78 is 65.0. The molecule has 1 aromatic carbocycles. The Morgan fingerprint density at radius 3 is 2.59 bits per heavy atom. The third-order valence-corrected chi connectivity index (χ3v) is 5.36. The van der Waals surface area contributed by atoms with E-state index in [0.29, 0.717) is 22.3 Å². The van der Waals surface area contributed by atoms with E-state index < -0.39 is 30.8 Å². The van der Waals surface area contributed by atoms with Gasteiger partial charge in [-0.3, -0.25) is 0 Å². The zero-order chi connectivity index (χ0) is 21.2. The fourth-order valence-corrected chi connectivity index (χ4v) is 3.49. The van der Waals surface area contributed by atoms with Crippen LogP contribution in [-0.2, 0) is 6.54 Å². The maximum atomic E-state index is 13.6. The number of halogens is 6. The number of anilines is 2. The lowest BCUT2D eigenvalue weighted by atomic mass is 10.2. The highest BCUT2D eigenvalue weighted by atomic mass is 35.5. The molecule has 1 aromatic heterocycles. The van der Waals surface area contributed by atoms with E-state index in [1.54, 1.807) is 24.3 Å². The van der Waals surface area contributed by atoms with E-state index in [-0.39, 0.29) is 35.6 Å². The van der Waals surface area contributed by atoms with Crippen LogP contribution >= 0.6 is 23.4 Å². The van der Waals surface area contributed by atoms with Crippen LogP contribution in [0.25, 0.3) is 5.32 Å². The zero-order valence-electron chi connectivity index (χ0n) is 14.9. The first-order valence-corrected chi connectivity index (χ1v) is 9.81. The number of nitrogen functional groups attached to an aromatic ring is 1. The van der Waals surface area contributed by atoms with Gasteiger partial charge in [-0.15, -0.1) is 11.8 Å². The molecule has 0 bridgehead atoms. The predicted octanol–water partition coefficient (Wildman–Crippen LogP) is 5.42. The summed E-state index contributed by atoms with van der Waals surface area (Å²) in [6, 6.07) is 6.88. The Bertz CT molecular complexity index is 880. The molecule has 2 N–H and O–H groups in total. The van der Waals surface area contributed by atoms with E-state index in [4.69, 9.17) is 17.3 Å². The Hall–Kier alpha value is -2.01. The second kappa shape index (κ2) is 8.39. The van der Waals surface area contributed by atoms with Crippen LogP contribution in [0.2, 0.25) is 5.02 Å². The number of alkyl halides is 5. The van der Waals surface area contributed by atoms with Crippen LogP contribution in [0.4, 0.5) is 39.3 Å². The summed E-state index contributed by atoms with van der Waals surface area (Å²) in [5, 5.41) is 4.46. The van der Waals surface area contributed by atoms with Crippen LogP contribution in [0.1, 0.15) is 12.0 Å². The number of hydrogen-bond acceptors (Lipinski definition) is 5. The summed E-state index contributed by atoms with van der Waals surface area (Å²) in [5.74, 6) is -4.25. The van der Waals surface area contributed by atoms with Crippen LogP contribution in [0, 0.1) is 0 Å². The van der Waals surface area contributed by atoms with E-state index in [1.807, 2.05) is 0 Å². The van der Waals surface area contributed by atoms with Crippen molar-refractivity contribution in [2.75, 3.05) is 29.5 Å². The molecule has 2 heterocycles. The van der Waals surface area contributed by atoms with E-state index in [9.17, 15) is 22.0 Å². The molecular weight excluding hydrogens is 437 g/mol. The van der Waals surface area contributed by atoms with Crippen LogP contribution in [0.5, 0.6) is 0 Å².